The summed E-state index contributed by atoms with van der Waals surface area (Å²) >= 11 is 1.36. The Morgan fingerprint density at radius 3 is 2.55 bits per heavy atom. The SMILES string of the molecule is Cc1ccc(N=Nc2cc(C)ccc2NC(=O)Cn2nnn(-c3cccs3)c2=O)cc1. The molecule has 9 nitrogen and oxygen atoms in total. The monoisotopic (exact) mass is 433 g/mol. The van der Waals surface area contributed by atoms with Crippen molar-refractivity contribution in [3.05, 3.63) is 81.6 Å². The number of amides is 1. The van der Waals surface area contributed by atoms with E-state index in [4.69, 9.17) is 0 Å². The van der Waals surface area contributed by atoms with Gasteiger partial charge in [0, 0.05) is 0 Å². The second-order valence-corrected chi connectivity index (χ2v) is 7.81. The molecular formula is C21H19N7O2S. The first-order chi connectivity index (χ1) is 15.0. The number of azo groups is 1. The Hall–Kier alpha value is -3.92. The molecule has 0 aliphatic rings. The van der Waals surface area contributed by atoms with Crippen molar-refractivity contribution in [2.45, 2.75) is 20.4 Å². The van der Waals surface area contributed by atoms with Crippen molar-refractivity contribution in [1.29, 1.82) is 0 Å². The van der Waals surface area contributed by atoms with E-state index in [1.807, 2.05) is 61.7 Å². The second-order valence-electron chi connectivity index (χ2n) is 6.89. The highest BCUT2D eigenvalue weighted by Crippen LogP contribution is 2.28. The first-order valence-electron chi connectivity index (χ1n) is 9.45. The van der Waals surface area contributed by atoms with Gasteiger partial charge in [0.2, 0.25) is 5.91 Å². The van der Waals surface area contributed by atoms with Crippen molar-refractivity contribution in [3.8, 4) is 5.00 Å². The number of nitrogens with zero attached hydrogens (tertiary/aromatic N) is 6. The number of thiophene rings is 1. The van der Waals surface area contributed by atoms with E-state index in [2.05, 4.69) is 26.0 Å². The maximum Gasteiger partial charge on any atom is 0.369 e. The van der Waals surface area contributed by atoms with E-state index in [9.17, 15) is 9.59 Å². The highest BCUT2D eigenvalue weighted by atomic mass is 32.1. The zero-order chi connectivity index (χ0) is 21.8. The average molecular weight is 433 g/mol. The summed E-state index contributed by atoms with van der Waals surface area (Å²) in [5, 5.41) is 21.4. The number of aryl methyl sites for hydroxylation is 2. The summed E-state index contributed by atoms with van der Waals surface area (Å²) in [7, 11) is 0. The van der Waals surface area contributed by atoms with E-state index in [1.165, 1.54) is 11.3 Å². The van der Waals surface area contributed by atoms with Gasteiger partial charge in [-0.15, -0.1) is 16.5 Å². The summed E-state index contributed by atoms with van der Waals surface area (Å²) in [5.41, 5.74) is 3.34. The molecule has 0 unspecified atom stereocenters. The molecule has 1 amide bonds. The van der Waals surface area contributed by atoms with Gasteiger partial charge >= 0.3 is 5.69 Å². The summed E-state index contributed by atoms with van der Waals surface area (Å²) < 4.78 is 2.17. The highest BCUT2D eigenvalue weighted by Gasteiger charge is 2.14. The summed E-state index contributed by atoms with van der Waals surface area (Å²) in [6, 6.07) is 16.6. The van der Waals surface area contributed by atoms with Crippen LogP contribution >= 0.6 is 11.3 Å². The molecule has 0 aliphatic carbocycles. The molecule has 0 atom stereocenters. The molecule has 0 aliphatic heterocycles. The van der Waals surface area contributed by atoms with Crippen LogP contribution in [0.4, 0.5) is 17.1 Å². The highest BCUT2D eigenvalue weighted by molar-refractivity contribution is 7.12. The Balaban J connectivity index is 1.51. The molecule has 0 radical (unpaired) electrons. The molecule has 0 spiro atoms. The molecule has 31 heavy (non-hydrogen) atoms. The van der Waals surface area contributed by atoms with Crippen LogP contribution in [0.25, 0.3) is 5.00 Å². The van der Waals surface area contributed by atoms with Crippen molar-refractivity contribution in [2.75, 3.05) is 5.32 Å². The van der Waals surface area contributed by atoms with Crippen molar-refractivity contribution in [3.63, 3.8) is 0 Å². The standard InChI is InChI=1S/C21H19N7O2S/c1-14-5-8-16(9-6-14)23-24-18-12-15(2)7-10-17(18)22-19(29)13-27-21(30)28(26-25-27)20-4-3-11-31-20/h3-12H,13H2,1-2H3,(H,22,29). The molecule has 0 saturated carbocycles. The van der Waals surface area contributed by atoms with Crippen LogP contribution in [-0.4, -0.2) is 25.7 Å². The van der Waals surface area contributed by atoms with Crippen molar-refractivity contribution >= 4 is 34.3 Å². The first kappa shape index (κ1) is 20.4. The zero-order valence-electron chi connectivity index (χ0n) is 16.9. The van der Waals surface area contributed by atoms with Crippen LogP contribution in [0.15, 0.2) is 75.0 Å². The Morgan fingerprint density at radius 1 is 1.03 bits per heavy atom. The van der Waals surface area contributed by atoms with Gasteiger partial charge in [-0.05, 0) is 71.6 Å². The molecule has 10 heteroatoms. The molecule has 4 aromatic rings. The summed E-state index contributed by atoms with van der Waals surface area (Å²) in [5.74, 6) is -0.420. The number of hydrogen-bond donors (Lipinski definition) is 1. The van der Waals surface area contributed by atoms with Gasteiger partial charge in [-0.3, -0.25) is 4.79 Å². The van der Waals surface area contributed by atoms with Crippen LogP contribution < -0.4 is 11.0 Å². The van der Waals surface area contributed by atoms with E-state index in [0.29, 0.717) is 22.1 Å². The quantitative estimate of drug-likeness (QED) is 0.461. The van der Waals surface area contributed by atoms with Crippen molar-refractivity contribution in [1.82, 2.24) is 19.8 Å². The molecule has 0 bridgehead atoms. The molecular weight excluding hydrogens is 414 g/mol. The Bertz CT molecular complexity index is 1290. The maximum atomic E-state index is 12.6. The fraction of sp³-hybridized carbons (Fsp3) is 0.143. The van der Waals surface area contributed by atoms with E-state index < -0.39 is 11.6 Å². The van der Waals surface area contributed by atoms with Gasteiger partial charge in [0.15, 0.2) is 0 Å². The molecule has 156 valence electrons. The predicted octanol–water partition coefficient (Wildman–Crippen LogP) is 4.16. The molecule has 2 aromatic carbocycles. The molecule has 0 fully saturated rings. The second kappa shape index (κ2) is 8.84. The third-order valence-electron chi connectivity index (χ3n) is 4.38. The lowest BCUT2D eigenvalue weighted by Gasteiger charge is -2.08. The zero-order valence-corrected chi connectivity index (χ0v) is 17.7. The van der Waals surface area contributed by atoms with Gasteiger partial charge in [0.1, 0.15) is 17.2 Å². The third-order valence-corrected chi connectivity index (χ3v) is 5.23. The van der Waals surface area contributed by atoms with E-state index in [-0.39, 0.29) is 6.54 Å². The summed E-state index contributed by atoms with van der Waals surface area (Å²) in [6.45, 7) is 3.66. The number of anilines is 1. The first-order valence-corrected chi connectivity index (χ1v) is 10.3. The molecule has 2 heterocycles. The van der Waals surface area contributed by atoms with Gasteiger partial charge < -0.3 is 5.32 Å². The number of nitrogens with one attached hydrogen (secondary N) is 1. The van der Waals surface area contributed by atoms with Gasteiger partial charge in [-0.2, -0.15) is 14.5 Å². The summed E-state index contributed by atoms with van der Waals surface area (Å²) in [4.78, 5) is 25.0. The predicted molar refractivity (Wildman–Crippen MR) is 119 cm³/mol. The van der Waals surface area contributed by atoms with Crippen molar-refractivity contribution < 1.29 is 4.79 Å². The fourth-order valence-electron chi connectivity index (χ4n) is 2.78. The largest absolute Gasteiger partial charge is 0.369 e. The van der Waals surface area contributed by atoms with Crippen LogP contribution in [-0.2, 0) is 11.3 Å². The van der Waals surface area contributed by atoms with Crippen LogP contribution in [0.1, 0.15) is 11.1 Å². The van der Waals surface area contributed by atoms with Gasteiger partial charge in [0.05, 0.1) is 11.4 Å². The number of carbonyl (C=O) groups is 1. The Labute approximate surface area is 181 Å². The number of aromatic nitrogens is 4. The molecule has 0 saturated heterocycles. The van der Waals surface area contributed by atoms with E-state index in [0.717, 1.165) is 20.5 Å². The normalized spacial score (nSPS) is 11.2. The maximum absolute atomic E-state index is 12.6. The molecule has 1 N–H and O–H groups in total. The Kier molecular flexibility index (Phi) is 5.80. The number of carbonyl (C=O) groups excluding carboxylic acids is 1. The number of tetrazole rings is 1. The molecule has 2 aromatic heterocycles. The average Bonchev–Trinajstić information content (AvgIpc) is 3.40. The summed E-state index contributed by atoms with van der Waals surface area (Å²) in [6.07, 6.45) is 0. The van der Waals surface area contributed by atoms with Gasteiger partial charge in [0.25, 0.3) is 0 Å². The smallest absolute Gasteiger partial charge is 0.323 e. The lowest BCUT2D eigenvalue weighted by molar-refractivity contribution is -0.117. The van der Waals surface area contributed by atoms with Crippen LogP contribution in [0.2, 0.25) is 0 Å². The van der Waals surface area contributed by atoms with Crippen LogP contribution in [0.3, 0.4) is 0 Å². The van der Waals surface area contributed by atoms with Crippen LogP contribution in [0.5, 0.6) is 0 Å². The van der Waals surface area contributed by atoms with Gasteiger partial charge in [-0.1, -0.05) is 23.8 Å². The minimum atomic E-state index is -0.485. The lowest BCUT2D eigenvalue weighted by Crippen LogP contribution is -2.29. The molecule has 4 rings (SSSR count). The minimum absolute atomic E-state index is 0.271. The van der Waals surface area contributed by atoms with E-state index >= 15 is 0 Å². The van der Waals surface area contributed by atoms with E-state index in [1.54, 1.807) is 12.1 Å². The fourth-order valence-corrected chi connectivity index (χ4v) is 3.45. The number of rotatable bonds is 6. The third kappa shape index (κ3) is 4.81. The number of benzene rings is 2. The topological polar surface area (TPSA) is 107 Å². The van der Waals surface area contributed by atoms with Crippen molar-refractivity contribution in [2.24, 2.45) is 10.2 Å². The van der Waals surface area contributed by atoms with Crippen LogP contribution in [0, 0.1) is 13.8 Å². The Morgan fingerprint density at radius 2 is 1.81 bits per heavy atom. The lowest BCUT2D eigenvalue weighted by atomic mass is 10.2. The number of hydrogen-bond acceptors (Lipinski definition) is 7. The van der Waals surface area contributed by atoms with Gasteiger partial charge in [-0.25, -0.2) is 4.79 Å². The minimum Gasteiger partial charge on any atom is -0.323 e.